The number of rotatable bonds is 2. The first-order valence-corrected chi connectivity index (χ1v) is 5.94. The summed E-state index contributed by atoms with van der Waals surface area (Å²) in [4.78, 5) is 8.11. The molecule has 0 unspecified atom stereocenters. The topological polar surface area (TPSA) is 24.7 Å². The van der Waals surface area contributed by atoms with Crippen molar-refractivity contribution < 1.29 is 0 Å². The van der Waals surface area contributed by atoms with Crippen LogP contribution in [0.25, 0.3) is 0 Å². The van der Waals surface area contributed by atoms with Gasteiger partial charge in [-0.3, -0.25) is 0 Å². The van der Waals surface area contributed by atoms with Crippen LogP contribution in [0.2, 0.25) is 0 Å². The first kappa shape index (κ1) is 13.7. The van der Waals surface area contributed by atoms with Crippen LogP contribution in [0.4, 0.5) is 0 Å². The Balaban J connectivity index is 3.07. The van der Waals surface area contributed by atoms with Gasteiger partial charge in [0.25, 0.3) is 0 Å². The third-order valence-corrected chi connectivity index (χ3v) is 2.89. The smallest absolute Gasteiger partial charge is 0.0910 e. The summed E-state index contributed by atoms with van der Waals surface area (Å²) in [5.74, 6) is 0. The average molecular weight is 230 g/mol. The summed E-state index contributed by atoms with van der Waals surface area (Å²) in [6.45, 7) is 10.8. The van der Waals surface area contributed by atoms with Crippen LogP contribution in [0.3, 0.4) is 0 Å². The van der Waals surface area contributed by atoms with Gasteiger partial charge in [0.15, 0.2) is 0 Å². The zero-order valence-corrected chi connectivity index (χ0v) is 11.7. The van der Waals surface area contributed by atoms with Gasteiger partial charge in [0.05, 0.1) is 11.5 Å². The molecular formula is C15H22N2. The zero-order valence-electron chi connectivity index (χ0n) is 11.7. The van der Waals surface area contributed by atoms with E-state index in [0.717, 1.165) is 0 Å². The number of hydrogen-bond donors (Lipinski definition) is 0. The van der Waals surface area contributed by atoms with Gasteiger partial charge in [0, 0.05) is 7.05 Å². The molecule has 0 atom stereocenters. The lowest BCUT2D eigenvalue weighted by Gasteiger charge is -2.22. The second-order valence-electron chi connectivity index (χ2n) is 5.82. The summed E-state index contributed by atoms with van der Waals surface area (Å²) in [6.07, 6.45) is 0. The maximum Gasteiger partial charge on any atom is 0.0910 e. The lowest BCUT2D eigenvalue weighted by Crippen LogP contribution is -2.15. The molecule has 1 aromatic rings. The van der Waals surface area contributed by atoms with Crippen LogP contribution in [0, 0.1) is 0 Å². The number of hydrogen-bond acceptors (Lipinski definition) is 2. The monoisotopic (exact) mass is 230 g/mol. The highest BCUT2D eigenvalue weighted by atomic mass is 14.9. The van der Waals surface area contributed by atoms with Gasteiger partial charge in [-0.15, -0.1) is 0 Å². The van der Waals surface area contributed by atoms with Crippen molar-refractivity contribution in [3.8, 4) is 0 Å². The average Bonchev–Trinajstić information content (AvgIpc) is 2.25. The second kappa shape index (κ2) is 4.85. The summed E-state index contributed by atoms with van der Waals surface area (Å²) in [6, 6.07) is 11.3. The Hall–Kier alpha value is -1.40. The molecule has 0 aromatic heterocycles. The number of benzene rings is 1. The van der Waals surface area contributed by atoms with Crippen molar-refractivity contribution in [2.75, 3.05) is 7.05 Å². The molecule has 1 rings (SSSR count). The lowest BCUT2D eigenvalue weighted by molar-refractivity contribution is 0.557. The summed E-state index contributed by atoms with van der Waals surface area (Å²) >= 11 is 0. The van der Waals surface area contributed by atoms with Crippen LogP contribution < -0.4 is 0 Å². The van der Waals surface area contributed by atoms with Crippen molar-refractivity contribution in [3.05, 3.63) is 35.4 Å². The predicted octanol–water partition coefficient (Wildman–Crippen LogP) is 4.02. The van der Waals surface area contributed by atoms with Gasteiger partial charge in [-0.25, -0.2) is 9.98 Å². The molecule has 0 N–H and O–H groups in total. The maximum absolute atomic E-state index is 4.32. The Morgan fingerprint density at radius 3 is 1.76 bits per heavy atom. The minimum atomic E-state index is -0.268. The van der Waals surface area contributed by atoms with Gasteiger partial charge in [-0.05, 0) is 30.4 Å². The van der Waals surface area contributed by atoms with Crippen LogP contribution >= 0.6 is 0 Å². The maximum atomic E-state index is 4.32. The highest BCUT2D eigenvalue weighted by Gasteiger charge is 2.20. The quantitative estimate of drug-likeness (QED) is 0.685. The van der Waals surface area contributed by atoms with Gasteiger partial charge in [0.1, 0.15) is 0 Å². The third kappa shape index (κ3) is 3.54. The van der Waals surface area contributed by atoms with E-state index in [9.17, 15) is 0 Å². The van der Waals surface area contributed by atoms with Crippen molar-refractivity contribution in [2.45, 2.75) is 45.6 Å². The zero-order chi connectivity index (χ0) is 13.1. The lowest BCUT2D eigenvalue weighted by atomic mass is 9.85. The molecule has 0 saturated heterocycles. The molecule has 0 radical (unpaired) electrons. The summed E-state index contributed by atoms with van der Waals surface area (Å²) in [7, 11) is 1.68. The van der Waals surface area contributed by atoms with Crippen molar-refractivity contribution in [1.29, 1.82) is 0 Å². The van der Waals surface area contributed by atoms with Crippen LogP contribution in [0.1, 0.15) is 45.7 Å². The molecule has 2 nitrogen and oxygen atoms in total. The molecule has 92 valence electrons. The van der Waals surface area contributed by atoms with Crippen LogP contribution in [0.15, 0.2) is 34.3 Å². The van der Waals surface area contributed by atoms with Gasteiger partial charge < -0.3 is 0 Å². The minimum absolute atomic E-state index is 0.191. The van der Waals surface area contributed by atoms with Gasteiger partial charge >= 0.3 is 0 Å². The van der Waals surface area contributed by atoms with E-state index in [-0.39, 0.29) is 11.0 Å². The first-order valence-electron chi connectivity index (χ1n) is 5.94. The molecule has 0 bridgehead atoms. The number of nitrogens with zero attached hydrogens (tertiary/aromatic N) is 2. The SMILES string of the molecule is CN=C=NC(C)(C)c1ccc(C(C)(C)C)cc1. The fourth-order valence-corrected chi connectivity index (χ4v) is 1.62. The standard InChI is InChI=1S/C15H22N2/c1-14(2,3)12-7-9-13(10-8-12)15(4,5)17-11-16-6/h7-10H,1-6H3. The van der Waals surface area contributed by atoms with E-state index in [1.165, 1.54) is 11.1 Å². The van der Waals surface area contributed by atoms with Crippen molar-refractivity contribution in [2.24, 2.45) is 9.98 Å². The Morgan fingerprint density at radius 1 is 0.882 bits per heavy atom. The van der Waals surface area contributed by atoms with E-state index in [2.05, 4.69) is 74.9 Å². The molecule has 17 heavy (non-hydrogen) atoms. The first-order chi connectivity index (χ1) is 7.77. The van der Waals surface area contributed by atoms with Gasteiger partial charge in [-0.2, -0.15) is 0 Å². The van der Waals surface area contributed by atoms with E-state index >= 15 is 0 Å². The van der Waals surface area contributed by atoms with Crippen molar-refractivity contribution in [1.82, 2.24) is 0 Å². The van der Waals surface area contributed by atoms with E-state index in [0.29, 0.717) is 0 Å². The third-order valence-electron chi connectivity index (χ3n) is 2.89. The fraction of sp³-hybridized carbons (Fsp3) is 0.533. The highest BCUT2D eigenvalue weighted by Crippen LogP contribution is 2.28. The van der Waals surface area contributed by atoms with Crippen LogP contribution in [-0.4, -0.2) is 13.1 Å². The summed E-state index contributed by atoms with van der Waals surface area (Å²) in [5.41, 5.74) is 2.44. The molecule has 0 amide bonds. The van der Waals surface area contributed by atoms with Crippen LogP contribution in [-0.2, 0) is 11.0 Å². The summed E-state index contributed by atoms with van der Waals surface area (Å²) < 4.78 is 0. The molecule has 0 aliphatic heterocycles. The summed E-state index contributed by atoms with van der Waals surface area (Å²) in [5, 5.41) is 0. The molecule has 0 aliphatic carbocycles. The van der Waals surface area contributed by atoms with E-state index in [1.807, 2.05) is 0 Å². The molecule has 0 fully saturated rings. The minimum Gasteiger partial charge on any atom is -0.229 e. The van der Waals surface area contributed by atoms with E-state index < -0.39 is 0 Å². The molecule has 0 heterocycles. The van der Waals surface area contributed by atoms with E-state index in [4.69, 9.17) is 0 Å². The van der Waals surface area contributed by atoms with Crippen LogP contribution in [0.5, 0.6) is 0 Å². The van der Waals surface area contributed by atoms with Gasteiger partial charge in [-0.1, -0.05) is 45.0 Å². The normalized spacial score (nSPS) is 11.9. The Bertz CT molecular complexity index is 427. The van der Waals surface area contributed by atoms with Gasteiger partial charge in [0.2, 0.25) is 0 Å². The molecule has 0 saturated carbocycles. The second-order valence-corrected chi connectivity index (χ2v) is 5.82. The van der Waals surface area contributed by atoms with Crippen molar-refractivity contribution in [3.63, 3.8) is 0 Å². The predicted molar refractivity (Wildman–Crippen MR) is 74.0 cm³/mol. The molecule has 0 aliphatic rings. The van der Waals surface area contributed by atoms with Crippen molar-refractivity contribution >= 4 is 6.01 Å². The largest absolute Gasteiger partial charge is 0.229 e. The number of aliphatic imine (C=N–C) groups is 2. The Morgan fingerprint density at radius 2 is 1.35 bits per heavy atom. The fourth-order valence-electron chi connectivity index (χ4n) is 1.62. The highest BCUT2D eigenvalue weighted by molar-refractivity contribution is 5.43. The Kier molecular flexibility index (Phi) is 3.90. The molecule has 0 spiro atoms. The molecule has 2 heteroatoms. The molecule has 1 aromatic carbocycles. The Labute approximate surface area is 105 Å². The molecular weight excluding hydrogens is 208 g/mol. The van der Waals surface area contributed by atoms with E-state index in [1.54, 1.807) is 7.05 Å².